The van der Waals surface area contributed by atoms with E-state index in [1.807, 2.05) is 0 Å². The zero-order valence-corrected chi connectivity index (χ0v) is 13.3. The third-order valence-electron chi connectivity index (χ3n) is 2.97. The van der Waals surface area contributed by atoms with Crippen molar-refractivity contribution in [2.75, 3.05) is 12.4 Å². The lowest BCUT2D eigenvalue weighted by molar-refractivity contribution is 0.327. The standard InChI is InChI=1S/C13H30OSSi/c1-4-14-16(2,3)13-11-9-7-5-6-8-10-12-15/h15H,4-13H2,1-3H3. The van der Waals surface area contributed by atoms with Crippen molar-refractivity contribution in [1.82, 2.24) is 0 Å². The molecule has 16 heavy (non-hydrogen) atoms. The van der Waals surface area contributed by atoms with Crippen LogP contribution >= 0.6 is 12.6 Å². The zero-order chi connectivity index (χ0) is 12.3. The van der Waals surface area contributed by atoms with Crippen LogP contribution < -0.4 is 0 Å². The Morgan fingerprint density at radius 2 is 1.38 bits per heavy atom. The molecule has 0 radical (unpaired) electrons. The van der Waals surface area contributed by atoms with Crippen LogP contribution in [0.2, 0.25) is 19.1 Å². The predicted octanol–water partition coefficient (Wildman–Crippen LogP) is 4.89. The van der Waals surface area contributed by atoms with Crippen LogP contribution in [0.1, 0.15) is 51.9 Å². The van der Waals surface area contributed by atoms with Gasteiger partial charge in [-0.15, -0.1) is 0 Å². The fourth-order valence-electron chi connectivity index (χ4n) is 2.01. The second-order valence-corrected chi connectivity index (χ2v) is 9.90. The van der Waals surface area contributed by atoms with Gasteiger partial charge >= 0.3 is 0 Å². The molecule has 0 saturated heterocycles. The van der Waals surface area contributed by atoms with Crippen LogP contribution in [0.15, 0.2) is 0 Å². The summed E-state index contributed by atoms with van der Waals surface area (Å²) in [7, 11) is -1.29. The van der Waals surface area contributed by atoms with Gasteiger partial charge in [0.2, 0.25) is 0 Å². The molecular weight excluding hydrogens is 232 g/mol. The smallest absolute Gasteiger partial charge is 0.186 e. The Morgan fingerprint density at radius 1 is 0.875 bits per heavy atom. The van der Waals surface area contributed by atoms with E-state index >= 15 is 0 Å². The highest BCUT2D eigenvalue weighted by atomic mass is 32.1. The van der Waals surface area contributed by atoms with Gasteiger partial charge in [0.1, 0.15) is 0 Å². The molecule has 0 bridgehead atoms. The molecule has 0 saturated carbocycles. The molecule has 0 aromatic rings. The quantitative estimate of drug-likeness (QED) is 0.317. The minimum atomic E-state index is -1.29. The van der Waals surface area contributed by atoms with Crippen LogP contribution in [0.4, 0.5) is 0 Å². The lowest BCUT2D eigenvalue weighted by Crippen LogP contribution is -2.29. The summed E-state index contributed by atoms with van der Waals surface area (Å²) in [5.74, 6) is 1.05. The summed E-state index contributed by atoms with van der Waals surface area (Å²) < 4.78 is 5.82. The molecule has 98 valence electrons. The fraction of sp³-hybridized carbons (Fsp3) is 1.00. The summed E-state index contributed by atoms with van der Waals surface area (Å²) >= 11 is 4.22. The molecule has 1 nitrogen and oxygen atoms in total. The number of hydrogen-bond acceptors (Lipinski definition) is 2. The van der Waals surface area contributed by atoms with Gasteiger partial charge in [0.05, 0.1) is 0 Å². The van der Waals surface area contributed by atoms with Gasteiger partial charge in [-0.05, 0) is 38.2 Å². The number of hydrogen-bond donors (Lipinski definition) is 1. The van der Waals surface area contributed by atoms with Crippen LogP contribution in [-0.4, -0.2) is 20.7 Å². The molecule has 0 aliphatic heterocycles. The van der Waals surface area contributed by atoms with E-state index in [0.29, 0.717) is 0 Å². The third kappa shape index (κ3) is 11.0. The molecule has 0 aliphatic carbocycles. The summed E-state index contributed by atoms with van der Waals surface area (Å²) in [5.41, 5.74) is 0. The first-order chi connectivity index (χ1) is 7.62. The number of thiol groups is 1. The summed E-state index contributed by atoms with van der Waals surface area (Å²) in [6.45, 7) is 7.67. The lowest BCUT2D eigenvalue weighted by atomic mass is 10.1. The first-order valence-corrected chi connectivity index (χ1v) is 10.6. The van der Waals surface area contributed by atoms with Crippen LogP contribution in [0.25, 0.3) is 0 Å². The largest absolute Gasteiger partial charge is 0.418 e. The van der Waals surface area contributed by atoms with Crippen LogP contribution in [0, 0.1) is 0 Å². The van der Waals surface area contributed by atoms with Crippen molar-refractivity contribution in [1.29, 1.82) is 0 Å². The third-order valence-corrected chi connectivity index (χ3v) is 5.92. The molecule has 0 spiro atoms. The van der Waals surface area contributed by atoms with E-state index in [9.17, 15) is 0 Å². The van der Waals surface area contributed by atoms with E-state index < -0.39 is 8.32 Å². The molecular formula is C13H30OSSi. The van der Waals surface area contributed by atoms with Crippen molar-refractivity contribution in [2.24, 2.45) is 0 Å². The van der Waals surface area contributed by atoms with Gasteiger partial charge in [-0.2, -0.15) is 12.6 Å². The average Bonchev–Trinajstić information content (AvgIpc) is 2.22. The highest BCUT2D eigenvalue weighted by molar-refractivity contribution is 7.80. The average molecular weight is 263 g/mol. The molecule has 0 heterocycles. The maximum Gasteiger partial charge on any atom is 0.186 e. The Balaban J connectivity index is 3.20. The van der Waals surface area contributed by atoms with Crippen molar-refractivity contribution in [2.45, 2.75) is 71.0 Å². The fourth-order valence-corrected chi connectivity index (χ4v) is 4.26. The van der Waals surface area contributed by atoms with Gasteiger partial charge in [0.15, 0.2) is 8.32 Å². The Bertz CT molecular complexity index is 151. The van der Waals surface area contributed by atoms with Crippen molar-refractivity contribution in [3.05, 3.63) is 0 Å². The van der Waals surface area contributed by atoms with Gasteiger partial charge in [-0.25, -0.2) is 0 Å². The number of rotatable bonds is 11. The Morgan fingerprint density at radius 3 is 1.88 bits per heavy atom. The minimum absolute atomic E-state index is 0.892. The molecule has 0 atom stereocenters. The van der Waals surface area contributed by atoms with Crippen molar-refractivity contribution >= 4 is 20.9 Å². The second-order valence-electron chi connectivity index (χ2n) is 5.14. The van der Waals surface area contributed by atoms with Crippen LogP contribution in [0.3, 0.4) is 0 Å². The molecule has 0 aromatic heterocycles. The van der Waals surface area contributed by atoms with E-state index in [2.05, 4.69) is 32.6 Å². The first-order valence-electron chi connectivity index (χ1n) is 6.87. The van der Waals surface area contributed by atoms with Crippen molar-refractivity contribution < 1.29 is 4.43 Å². The molecule has 3 heteroatoms. The van der Waals surface area contributed by atoms with Gasteiger partial charge in [0, 0.05) is 6.61 Å². The van der Waals surface area contributed by atoms with E-state index in [1.54, 1.807) is 0 Å². The zero-order valence-electron chi connectivity index (χ0n) is 11.4. The summed E-state index contributed by atoms with van der Waals surface area (Å²) in [6, 6.07) is 1.33. The Labute approximate surface area is 109 Å². The summed E-state index contributed by atoms with van der Waals surface area (Å²) in [4.78, 5) is 0. The Hall–Kier alpha value is 0.527. The van der Waals surface area contributed by atoms with Gasteiger partial charge in [-0.3, -0.25) is 0 Å². The minimum Gasteiger partial charge on any atom is -0.418 e. The molecule has 0 aromatic carbocycles. The monoisotopic (exact) mass is 262 g/mol. The van der Waals surface area contributed by atoms with Crippen molar-refractivity contribution in [3.63, 3.8) is 0 Å². The Kier molecular flexibility index (Phi) is 11.0. The molecule has 0 unspecified atom stereocenters. The second kappa shape index (κ2) is 10.7. The highest BCUT2D eigenvalue weighted by Gasteiger charge is 2.20. The molecule has 0 rings (SSSR count). The first kappa shape index (κ1) is 16.5. The van der Waals surface area contributed by atoms with Gasteiger partial charge in [-0.1, -0.05) is 38.5 Å². The topological polar surface area (TPSA) is 9.23 Å². The van der Waals surface area contributed by atoms with E-state index in [-0.39, 0.29) is 0 Å². The summed E-state index contributed by atoms with van der Waals surface area (Å²) in [6.07, 6.45) is 9.62. The molecule has 0 fully saturated rings. The van der Waals surface area contributed by atoms with Gasteiger partial charge < -0.3 is 4.43 Å². The SMILES string of the molecule is CCO[Si](C)(C)CCCCCCCCCS. The molecule has 0 aliphatic rings. The van der Waals surface area contributed by atoms with E-state index in [0.717, 1.165) is 12.4 Å². The normalized spacial score (nSPS) is 12.0. The summed E-state index contributed by atoms with van der Waals surface area (Å²) in [5, 5.41) is 0. The maximum atomic E-state index is 5.82. The lowest BCUT2D eigenvalue weighted by Gasteiger charge is -2.21. The van der Waals surface area contributed by atoms with E-state index in [1.165, 1.54) is 51.0 Å². The van der Waals surface area contributed by atoms with Crippen LogP contribution in [-0.2, 0) is 4.43 Å². The van der Waals surface area contributed by atoms with Crippen LogP contribution in [0.5, 0.6) is 0 Å². The van der Waals surface area contributed by atoms with Crippen molar-refractivity contribution in [3.8, 4) is 0 Å². The van der Waals surface area contributed by atoms with E-state index in [4.69, 9.17) is 4.43 Å². The molecule has 0 amide bonds. The maximum absolute atomic E-state index is 5.82. The molecule has 0 N–H and O–H groups in total. The highest BCUT2D eigenvalue weighted by Crippen LogP contribution is 2.17. The predicted molar refractivity (Wildman–Crippen MR) is 80.1 cm³/mol. The number of unbranched alkanes of at least 4 members (excludes halogenated alkanes) is 6. The van der Waals surface area contributed by atoms with Gasteiger partial charge in [0.25, 0.3) is 0 Å².